The molecule has 2 fully saturated rings. The van der Waals surface area contributed by atoms with Gasteiger partial charge in [0.1, 0.15) is 5.78 Å². The van der Waals surface area contributed by atoms with Crippen LogP contribution in [0, 0.1) is 23.2 Å². The molecule has 158 valence electrons. The van der Waals surface area contributed by atoms with Crippen molar-refractivity contribution in [2.24, 2.45) is 23.2 Å². The first-order valence-corrected chi connectivity index (χ1v) is 14.4. The fourth-order valence-corrected chi connectivity index (χ4v) is 9.77. The van der Waals surface area contributed by atoms with Crippen LogP contribution >= 0.6 is 0 Å². The average Bonchev–Trinajstić information content (AvgIpc) is 2.98. The van der Waals surface area contributed by atoms with Crippen LogP contribution in [0.5, 0.6) is 0 Å². The molecule has 0 aliphatic heterocycles. The Morgan fingerprint density at radius 1 is 1.19 bits per heavy atom. The molecular formula is C24H46O2Si. The summed E-state index contributed by atoms with van der Waals surface area (Å²) in [6.07, 6.45) is 9.34. The Labute approximate surface area is 170 Å². The van der Waals surface area contributed by atoms with Crippen molar-refractivity contribution in [3.05, 3.63) is 0 Å². The Bertz CT molecular complexity index is 488. The number of hydrogen-bond donors (Lipinski definition) is 0. The summed E-state index contributed by atoms with van der Waals surface area (Å²) in [5.74, 6) is 2.40. The summed E-state index contributed by atoms with van der Waals surface area (Å²) < 4.78 is 6.79. The van der Waals surface area contributed by atoms with Crippen LogP contribution < -0.4 is 0 Å². The lowest BCUT2D eigenvalue weighted by atomic mass is 9.62. The number of Topliss-reactive ketones (excluding diaryl/α,β-unsaturated/α-hetero) is 1. The van der Waals surface area contributed by atoms with E-state index < -0.39 is 8.32 Å². The van der Waals surface area contributed by atoms with Gasteiger partial charge in [0, 0.05) is 12.3 Å². The van der Waals surface area contributed by atoms with E-state index in [0.29, 0.717) is 11.7 Å². The van der Waals surface area contributed by atoms with Gasteiger partial charge in [0.25, 0.3) is 0 Å². The first-order valence-electron chi connectivity index (χ1n) is 11.9. The summed E-state index contributed by atoms with van der Waals surface area (Å²) in [7, 11) is -1.54. The van der Waals surface area contributed by atoms with Gasteiger partial charge in [-0.2, -0.15) is 0 Å². The number of rotatable bonds is 10. The standard InChI is InChI=1S/C24H46O2Si/c1-8-27(9-2,10-3)26-23(5,6)17-11-13-19(4)20-15-16-21-22(25)14-12-18-24(20,21)7/h19-21H,8-18H2,1-7H3/t19?,20?,21-,24+/m0/s1. The van der Waals surface area contributed by atoms with E-state index in [1.54, 1.807) is 0 Å². The molecule has 2 unspecified atom stereocenters. The quantitative estimate of drug-likeness (QED) is 0.361. The van der Waals surface area contributed by atoms with Gasteiger partial charge in [0.15, 0.2) is 8.32 Å². The highest BCUT2D eigenvalue weighted by atomic mass is 28.4. The van der Waals surface area contributed by atoms with E-state index in [-0.39, 0.29) is 11.0 Å². The van der Waals surface area contributed by atoms with Gasteiger partial charge in [0.2, 0.25) is 0 Å². The molecule has 4 atom stereocenters. The van der Waals surface area contributed by atoms with E-state index in [1.165, 1.54) is 43.8 Å². The molecule has 0 amide bonds. The molecule has 3 heteroatoms. The van der Waals surface area contributed by atoms with Gasteiger partial charge in [-0.05, 0) is 81.3 Å². The van der Waals surface area contributed by atoms with Crippen LogP contribution in [0.2, 0.25) is 18.1 Å². The van der Waals surface area contributed by atoms with Gasteiger partial charge >= 0.3 is 0 Å². The maximum absolute atomic E-state index is 12.4. The first kappa shape index (κ1) is 23.1. The molecule has 0 aromatic rings. The summed E-state index contributed by atoms with van der Waals surface area (Å²) in [5, 5.41) is 0. The van der Waals surface area contributed by atoms with Crippen LogP contribution in [0.25, 0.3) is 0 Å². The summed E-state index contributed by atoms with van der Waals surface area (Å²) in [6, 6.07) is 3.70. The second kappa shape index (κ2) is 9.11. The monoisotopic (exact) mass is 394 g/mol. The van der Waals surface area contributed by atoms with Crippen LogP contribution in [0.4, 0.5) is 0 Å². The molecule has 0 radical (unpaired) electrons. The predicted molar refractivity (Wildman–Crippen MR) is 119 cm³/mol. The highest BCUT2D eigenvalue weighted by Gasteiger charge is 2.52. The molecule has 2 aliphatic carbocycles. The Morgan fingerprint density at radius 2 is 1.81 bits per heavy atom. The molecule has 2 nitrogen and oxygen atoms in total. The van der Waals surface area contributed by atoms with Crippen molar-refractivity contribution in [1.29, 1.82) is 0 Å². The minimum Gasteiger partial charge on any atom is -0.412 e. The fraction of sp³-hybridized carbons (Fsp3) is 0.958. The zero-order valence-electron chi connectivity index (χ0n) is 19.3. The van der Waals surface area contributed by atoms with E-state index >= 15 is 0 Å². The van der Waals surface area contributed by atoms with Crippen LogP contribution in [0.3, 0.4) is 0 Å². The largest absolute Gasteiger partial charge is 0.412 e. The fourth-order valence-electron chi connectivity index (χ4n) is 6.56. The third-order valence-corrected chi connectivity index (χ3v) is 13.3. The smallest absolute Gasteiger partial charge is 0.192 e. The molecule has 2 rings (SSSR count). The Kier molecular flexibility index (Phi) is 7.81. The minimum absolute atomic E-state index is 0.0108. The van der Waals surface area contributed by atoms with Crippen molar-refractivity contribution in [1.82, 2.24) is 0 Å². The van der Waals surface area contributed by atoms with E-state index in [0.717, 1.165) is 37.5 Å². The minimum atomic E-state index is -1.54. The zero-order valence-corrected chi connectivity index (χ0v) is 20.3. The van der Waals surface area contributed by atoms with Crippen molar-refractivity contribution in [3.63, 3.8) is 0 Å². The molecule has 0 aromatic carbocycles. The number of ketones is 1. The number of hydrogen-bond acceptors (Lipinski definition) is 2. The number of fused-ring (bicyclic) bond motifs is 1. The molecule has 27 heavy (non-hydrogen) atoms. The van der Waals surface area contributed by atoms with Crippen molar-refractivity contribution >= 4 is 14.1 Å². The molecule has 0 spiro atoms. The summed E-state index contributed by atoms with van der Waals surface area (Å²) >= 11 is 0. The van der Waals surface area contributed by atoms with Crippen molar-refractivity contribution in [2.45, 2.75) is 124 Å². The van der Waals surface area contributed by atoms with Gasteiger partial charge < -0.3 is 4.43 Å². The van der Waals surface area contributed by atoms with Crippen LogP contribution in [0.15, 0.2) is 0 Å². The van der Waals surface area contributed by atoms with E-state index in [4.69, 9.17) is 4.43 Å². The number of carbonyl (C=O) groups is 1. The molecule has 0 aromatic heterocycles. The van der Waals surface area contributed by atoms with Gasteiger partial charge in [-0.25, -0.2) is 0 Å². The normalized spacial score (nSPS) is 30.4. The summed E-state index contributed by atoms with van der Waals surface area (Å²) in [6.45, 7) is 16.5. The van der Waals surface area contributed by atoms with E-state index in [2.05, 4.69) is 48.5 Å². The SMILES string of the molecule is CC[Si](CC)(CC)OC(C)(C)CCCC(C)C1CC[C@H]2C(=O)CCC[C@]12C. The van der Waals surface area contributed by atoms with Gasteiger partial charge in [-0.3, -0.25) is 4.79 Å². The average molecular weight is 395 g/mol. The Balaban J connectivity index is 1.88. The van der Waals surface area contributed by atoms with Crippen LogP contribution in [-0.2, 0) is 9.22 Å². The topological polar surface area (TPSA) is 26.3 Å². The third kappa shape index (κ3) is 5.07. The molecule has 0 heterocycles. The third-order valence-electron chi connectivity index (χ3n) is 8.49. The second-order valence-corrected chi connectivity index (χ2v) is 15.2. The second-order valence-electron chi connectivity index (χ2n) is 10.5. The van der Waals surface area contributed by atoms with Gasteiger partial charge in [-0.1, -0.05) is 47.5 Å². The molecular weight excluding hydrogens is 348 g/mol. The van der Waals surface area contributed by atoms with Crippen LogP contribution in [0.1, 0.15) is 99.8 Å². The number of carbonyl (C=O) groups excluding carboxylic acids is 1. The van der Waals surface area contributed by atoms with Crippen molar-refractivity contribution in [3.8, 4) is 0 Å². The summed E-state index contributed by atoms with van der Waals surface area (Å²) in [4.78, 5) is 12.4. The molecule has 2 aliphatic rings. The van der Waals surface area contributed by atoms with Gasteiger partial charge in [0.05, 0.1) is 5.60 Å². The summed E-state index contributed by atoms with van der Waals surface area (Å²) in [5.41, 5.74) is 0.298. The molecule has 0 N–H and O–H groups in total. The lowest BCUT2D eigenvalue weighted by Crippen LogP contribution is -2.44. The lowest BCUT2D eigenvalue weighted by Gasteiger charge is -2.42. The van der Waals surface area contributed by atoms with E-state index in [9.17, 15) is 4.79 Å². The molecule has 0 saturated heterocycles. The van der Waals surface area contributed by atoms with Crippen molar-refractivity contribution in [2.75, 3.05) is 0 Å². The van der Waals surface area contributed by atoms with Crippen molar-refractivity contribution < 1.29 is 9.22 Å². The maximum Gasteiger partial charge on any atom is 0.192 e. The maximum atomic E-state index is 12.4. The zero-order chi connectivity index (χ0) is 20.3. The predicted octanol–water partition coefficient (Wildman–Crippen LogP) is 7.38. The molecule has 2 saturated carbocycles. The van der Waals surface area contributed by atoms with E-state index in [1.807, 2.05) is 0 Å². The lowest BCUT2D eigenvalue weighted by molar-refractivity contribution is -0.130. The van der Waals surface area contributed by atoms with Gasteiger partial charge in [-0.15, -0.1) is 0 Å². The van der Waals surface area contributed by atoms with Crippen LogP contribution in [-0.4, -0.2) is 19.7 Å². The Morgan fingerprint density at radius 3 is 2.41 bits per heavy atom. The highest BCUT2D eigenvalue weighted by Crippen LogP contribution is 2.57. The Hall–Kier alpha value is -0.153. The molecule has 0 bridgehead atoms. The highest BCUT2D eigenvalue weighted by molar-refractivity contribution is 6.73. The first-order chi connectivity index (χ1) is 12.6.